The van der Waals surface area contributed by atoms with Gasteiger partial charge in [0.2, 0.25) is 0 Å². The van der Waals surface area contributed by atoms with Gasteiger partial charge in [0.05, 0.1) is 18.4 Å². The van der Waals surface area contributed by atoms with Gasteiger partial charge in [-0.3, -0.25) is 9.45 Å². The number of aliphatic carboxylic acids is 1. The zero-order valence-electron chi connectivity index (χ0n) is 4.54. The fraction of sp³-hybridized carbons (Fsp3) is 0.500. The van der Waals surface area contributed by atoms with Gasteiger partial charge in [0.25, 0.3) is 0 Å². The van der Waals surface area contributed by atoms with Crippen LogP contribution in [0, 0.1) is 0 Å². The summed E-state index contributed by atoms with van der Waals surface area (Å²) in [6.07, 6.45) is 0. The molecule has 0 saturated carbocycles. The maximum atomic E-state index is 9.24. The predicted octanol–water partition coefficient (Wildman–Crippen LogP) is -1.22. The quantitative estimate of drug-likeness (QED) is 0.506. The second-order valence-corrected chi connectivity index (χ2v) is 0.598. The molecule has 0 spiro atoms. The summed E-state index contributed by atoms with van der Waals surface area (Å²) in [7, 11) is 0. The minimum atomic E-state index is -0.968. The van der Waals surface area contributed by atoms with E-state index in [0.717, 1.165) is 0 Å². The van der Waals surface area contributed by atoms with Crippen LogP contribution in [-0.2, 0) is 31.0 Å². The number of carboxylic acids is 1. The summed E-state index contributed by atoms with van der Waals surface area (Å²) in [6.45, 7) is -0.278. The van der Waals surface area contributed by atoms with E-state index < -0.39 is 5.97 Å². The molecule has 0 aliphatic rings. The molecule has 0 aliphatic carbocycles. The number of carbonyl (C=O) groups is 1. The minimum Gasteiger partial charge on any atom is -0.480 e. The van der Waals surface area contributed by atoms with Crippen LogP contribution in [0.15, 0.2) is 0 Å². The molecule has 0 atom stereocenters. The first-order valence-corrected chi connectivity index (χ1v) is 1.70. The molecule has 0 aromatic heterocycles. The van der Waals surface area contributed by atoms with Crippen LogP contribution in [0.5, 0.6) is 0 Å². The van der Waals surface area contributed by atoms with E-state index in [1.54, 1.807) is 0 Å². The molecule has 0 saturated heterocycles. The Labute approximate surface area is 87.8 Å². The second-order valence-electron chi connectivity index (χ2n) is 0.598. The fourth-order valence-corrected chi connectivity index (χ4v) is 0. The number of rotatable bonds is 1. The van der Waals surface area contributed by atoms with Crippen LogP contribution in [-0.4, -0.2) is 39.6 Å². The first kappa shape index (κ1) is 22.5. The van der Waals surface area contributed by atoms with E-state index in [2.05, 4.69) is 17.6 Å². The van der Waals surface area contributed by atoms with Gasteiger partial charge in [0.15, 0.2) is 0 Å². The van der Waals surface area contributed by atoms with Crippen LogP contribution in [0.3, 0.4) is 0 Å². The van der Waals surface area contributed by atoms with Crippen molar-refractivity contribution in [3.8, 4) is 0 Å². The van der Waals surface area contributed by atoms with Gasteiger partial charge in [0, 0.05) is 43.6 Å². The average molecular weight is 246 g/mol. The van der Waals surface area contributed by atoms with E-state index >= 15 is 0 Å². The van der Waals surface area contributed by atoms with Crippen molar-refractivity contribution in [1.82, 2.24) is 0 Å². The Hall–Kier alpha value is 1.10. The molecular formula is C2H6AlClNO3Zr. The van der Waals surface area contributed by atoms with Gasteiger partial charge < -0.3 is 10.8 Å². The molecule has 4 N–H and O–H groups in total. The largest absolute Gasteiger partial charge is 0.480 e. The monoisotopic (exact) mass is 244 g/mol. The van der Waals surface area contributed by atoms with E-state index in [0.29, 0.717) is 0 Å². The maximum absolute atomic E-state index is 9.24. The van der Waals surface area contributed by atoms with Crippen molar-refractivity contribution in [2.75, 3.05) is 6.54 Å². The number of hydrogen-bond donors (Lipinski definition) is 3. The van der Waals surface area contributed by atoms with Gasteiger partial charge in [-0.05, 0) is 0 Å². The van der Waals surface area contributed by atoms with Gasteiger partial charge in [-0.15, -0.1) is 0 Å². The van der Waals surface area contributed by atoms with Gasteiger partial charge >= 0.3 is 5.97 Å². The van der Waals surface area contributed by atoms with Crippen LogP contribution in [0.2, 0.25) is 0 Å². The third kappa shape index (κ3) is 47.8. The summed E-state index contributed by atoms with van der Waals surface area (Å²) in [5, 5.41) is 7.60. The molecule has 0 aromatic rings. The molecule has 0 amide bonds. The Morgan fingerprint density at radius 2 is 1.67 bits per heavy atom. The Kier molecular flexibility index (Phi) is 57.3. The van der Waals surface area contributed by atoms with Crippen molar-refractivity contribution in [1.29, 1.82) is 0 Å². The molecule has 0 aromatic carbocycles. The zero-order valence-corrected chi connectivity index (χ0v) is 8.91. The molecule has 7 heteroatoms. The second kappa shape index (κ2) is 23.0. The number of hydrogen-bond acceptors (Lipinski definition) is 3. The van der Waals surface area contributed by atoms with Gasteiger partial charge in [0.1, 0.15) is 0 Å². The van der Waals surface area contributed by atoms with Crippen LogP contribution in [0.25, 0.3) is 0 Å². The Morgan fingerprint density at radius 1 is 1.56 bits per heavy atom. The molecular weight excluding hydrogens is 240 g/mol. The number of carboxylic acid groups (broad SMARTS) is 1. The number of nitrogens with two attached hydrogens (primary N) is 1. The summed E-state index contributed by atoms with van der Waals surface area (Å²) in [6, 6.07) is 0. The van der Waals surface area contributed by atoms with Crippen molar-refractivity contribution < 1.29 is 40.8 Å². The molecule has 51 valence electrons. The Balaban J connectivity index is -0.0000000286. The molecule has 9 heavy (non-hydrogen) atoms. The van der Waals surface area contributed by atoms with Crippen LogP contribution in [0.1, 0.15) is 0 Å². The molecule has 3 radical (unpaired) electrons. The molecule has 0 fully saturated rings. The summed E-state index contributed by atoms with van der Waals surface area (Å²) in [5.41, 5.74) is 4.57. The van der Waals surface area contributed by atoms with Crippen LogP contribution >= 0.6 is 11.9 Å². The maximum Gasteiger partial charge on any atom is 0.317 e. The smallest absolute Gasteiger partial charge is 0.317 e. The third-order valence-corrected chi connectivity index (χ3v) is 0.175. The van der Waals surface area contributed by atoms with E-state index in [4.69, 9.17) is 9.77 Å². The molecule has 0 bridgehead atoms. The first-order chi connectivity index (χ1) is 3.27. The van der Waals surface area contributed by atoms with Crippen molar-refractivity contribution in [2.45, 2.75) is 0 Å². The third-order valence-electron chi connectivity index (χ3n) is 0.175. The Morgan fingerprint density at radius 3 is 1.67 bits per heavy atom. The van der Waals surface area contributed by atoms with Crippen molar-refractivity contribution in [3.63, 3.8) is 0 Å². The summed E-state index contributed by atoms with van der Waals surface area (Å²) >= 11 is 3.64. The average Bonchev–Trinajstić information content (AvgIpc) is 1.73. The molecule has 0 unspecified atom stereocenters. The molecule has 0 rings (SSSR count). The Bertz CT molecular complexity index is 57.1. The van der Waals surface area contributed by atoms with Crippen LogP contribution < -0.4 is 5.73 Å². The topological polar surface area (TPSA) is 83.6 Å². The van der Waals surface area contributed by atoms with Crippen LogP contribution in [0.4, 0.5) is 0 Å². The predicted molar refractivity (Wildman–Crippen MR) is 30.5 cm³/mol. The van der Waals surface area contributed by atoms with Gasteiger partial charge in [-0.25, -0.2) is 0 Å². The molecule has 0 heterocycles. The summed E-state index contributed by atoms with van der Waals surface area (Å²) in [4.78, 5) is 9.24. The summed E-state index contributed by atoms with van der Waals surface area (Å²) in [5.74, 6) is -0.968. The minimum absolute atomic E-state index is 0. The normalized spacial score (nSPS) is 4.78. The van der Waals surface area contributed by atoms with Gasteiger partial charge in [-0.1, -0.05) is 0 Å². The SMILES string of the molecule is NCC(=O)O.OCl.[Al].[Zr]. The number of halogens is 1. The van der Waals surface area contributed by atoms with E-state index in [9.17, 15) is 4.79 Å². The van der Waals surface area contributed by atoms with Crippen molar-refractivity contribution in [2.24, 2.45) is 5.73 Å². The molecule has 4 nitrogen and oxygen atoms in total. The first-order valence-electron chi connectivity index (χ1n) is 1.36. The zero-order chi connectivity index (χ0) is 6.28. The van der Waals surface area contributed by atoms with Crippen molar-refractivity contribution >= 4 is 35.2 Å². The summed E-state index contributed by atoms with van der Waals surface area (Å²) < 4.78 is 6.47. The van der Waals surface area contributed by atoms with E-state index in [1.807, 2.05) is 0 Å². The van der Waals surface area contributed by atoms with E-state index in [1.165, 1.54) is 0 Å². The van der Waals surface area contributed by atoms with E-state index in [-0.39, 0.29) is 50.1 Å². The molecule has 0 aliphatic heterocycles. The fourth-order valence-electron chi connectivity index (χ4n) is 0. The van der Waals surface area contributed by atoms with Gasteiger partial charge in [-0.2, -0.15) is 0 Å². The standard InChI is InChI=1S/C2H5NO2.Al.ClHO.Zr/c3-1-2(4)5;;1-2;/h1,3H2,(H,4,5);;2H;. The van der Waals surface area contributed by atoms with Crippen molar-refractivity contribution in [3.05, 3.63) is 0 Å².